The second-order valence-electron chi connectivity index (χ2n) is 9.88. The first kappa shape index (κ1) is 23.9. The van der Waals surface area contributed by atoms with Crippen molar-refractivity contribution in [3.8, 4) is 0 Å². The molecule has 6 N–H and O–H groups in total. The number of ether oxygens (including phenoxy) is 1. The van der Waals surface area contributed by atoms with Crippen LogP contribution >= 0.6 is 0 Å². The molecule has 3 heterocycles. The van der Waals surface area contributed by atoms with Gasteiger partial charge in [-0.25, -0.2) is 9.97 Å². The van der Waals surface area contributed by atoms with Gasteiger partial charge in [-0.2, -0.15) is 0 Å². The highest BCUT2D eigenvalue weighted by Gasteiger charge is 2.37. The van der Waals surface area contributed by atoms with Crippen molar-refractivity contribution in [3.05, 3.63) is 76.3 Å². The lowest BCUT2D eigenvalue weighted by molar-refractivity contribution is -0.0425. The summed E-state index contributed by atoms with van der Waals surface area (Å²) in [5.74, 6) is 0.283. The van der Waals surface area contributed by atoms with Crippen LogP contribution in [0.2, 0.25) is 0 Å². The van der Waals surface area contributed by atoms with Crippen molar-refractivity contribution in [1.29, 1.82) is 0 Å². The Morgan fingerprint density at radius 3 is 2.67 bits per heavy atom. The van der Waals surface area contributed by atoms with E-state index in [0.717, 1.165) is 27.1 Å². The van der Waals surface area contributed by atoms with E-state index in [9.17, 15) is 25.2 Å². The molecule has 1 aliphatic carbocycles. The summed E-state index contributed by atoms with van der Waals surface area (Å²) in [5, 5.41) is 47.9. The Hall–Kier alpha value is -4.13. The minimum absolute atomic E-state index is 0.105. The molecule has 3 aromatic carbocycles. The minimum Gasteiger partial charge on any atom is -0.394 e. The fourth-order valence-corrected chi connectivity index (χ4v) is 5.69. The van der Waals surface area contributed by atoms with Gasteiger partial charge in [0.25, 0.3) is 5.56 Å². The lowest BCUT2D eigenvalue weighted by Crippen LogP contribution is -2.24. The van der Waals surface area contributed by atoms with Crippen LogP contribution in [0.4, 0.5) is 11.6 Å². The van der Waals surface area contributed by atoms with E-state index >= 15 is 0 Å². The second-order valence-corrected chi connectivity index (χ2v) is 9.88. The van der Waals surface area contributed by atoms with Crippen LogP contribution < -0.4 is 10.9 Å². The molecule has 11 nitrogen and oxygen atoms in total. The Morgan fingerprint density at radius 2 is 1.87 bits per heavy atom. The first-order valence-corrected chi connectivity index (χ1v) is 12.6. The maximum Gasteiger partial charge on any atom is 0.278 e. The zero-order chi connectivity index (χ0) is 26.8. The first-order chi connectivity index (χ1) is 18.9. The molecule has 1 saturated heterocycles. The van der Waals surface area contributed by atoms with Crippen LogP contribution in [0.25, 0.3) is 38.8 Å². The second kappa shape index (κ2) is 8.97. The number of fused-ring (bicyclic) bond motifs is 6. The monoisotopic (exact) mass is 527 g/mol. The molecule has 2 aliphatic rings. The molecule has 0 saturated carbocycles. The molecule has 2 aromatic heterocycles. The molecule has 0 amide bonds. The number of H-pyrrole nitrogens is 1. The van der Waals surface area contributed by atoms with Crippen molar-refractivity contribution in [3.63, 3.8) is 0 Å². The highest BCUT2D eigenvalue weighted by Crippen LogP contribution is 2.41. The van der Waals surface area contributed by atoms with E-state index in [-0.39, 0.29) is 30.1 Å². The van der Waals surface area contributed by atoms with E-state index in [1.807, 2.05) is 48.5 Å². The van der Waals surface area contributed by atoms with Gasteiger partial charge < -0.3 is 35.5 Å². The molecule has 1 aliphatic heterocycles. The number of imidazole rings is 1. The highest BCUT2D eigenvalue weighted by atomic mass is 16.5. The summed E-state index contributed by atoms with van der Waals surface area (Å²) in [6, 6.07) is 13.6. The Bertz CT molecular complexity index is 1850. The summed E-state index contributed by atoms with van der Waals surface area (Å²) >= 11 is 0. The summed E-state index contributed by atoms with van der Waals surface area (Å²) < 4.78 is 7.55. The number of benzene rings is 3. The number of anilines is 2. The molecular formula is C28H25N5O6. The lowest BCUT2D eigenvalue weighted by atomic mass is 9.87. The molecule has 0 bridgehead atoms. The topological polar surface area (TPSA) is 166 Å². The Balaban J connectivity index is 1.44. The van der Waals surface area contributed by atoms with E-state index in [4.69, 9.17) is 4.74 Å². The number of aromatic amines is 1. The van der Waals surface area contributed by atoms with Gasteiger partial charge in [-0.05, 0) is 33.4 Å². The van der Waals surface area contributed by atoms with E-state index in [1.54, 1.807) is 10.6 Å². The standard InChI is InChI=1S/C28H25N5O6/c34-11-22-21(36)10-23(39-22)33-26-24(27(38)30-12-29-26)32-28(33)31-19-9-18-14(13-3-1-2-4-16(13)19)5-6-17-15(18)7-8-20(35)25(17)37/h1-9,12,20-23,25,34-37H,10-11H2,(H,31,32)(H,29,30,38)/t20?,21-,22+,23+,25?/m0/s1. The molecule has 2 unspecified atom stereocenters. The van der Waals surface area contributed by atoms with E-state index in [0.29, 0.717) is 11.3 Å². The molecule has 7 rings (SSSR count). The molecule has 5 atom stereocenters. The van der Waals surface area contributed by atoms with Gasteiger partial charge in [-0.15, -0.1) is 0 Å². The van der Waals surface area contributed by atoms with E-state index in [1.165, 1.54) is 6.33 Å². The van der Waals surface area contributed by atoms with Crippen LogP contribution in [-0.4, -0.2) is 64.9 Å². The third kappa shape index (κ3) is 3.67. The summed E-state index contributed by atoms with van der Waals surface area (Å²) in [6.07, 6.45) is 0.437. The molecule has 198 valence electrons. The van der Waals surface area contributed by atoms with Crippen molar-refractivity contribution in [2.45, 2.75) is 37.1 Å². The fraction of sp³-hybridized carbons (Fsp3) is 0.250. The predicted octanol–water partition coefficient (Wildman–Crippen LogP) is 2.23. The third-order valence-electron chi connectivity index (χ3n) is 7.62. The number of nitrogens with one attached hydrogen (secondary N) is 2. The highest BCUT2D eigenvalue weighted by molar-refractivity contribution is 6.15. The number of aliphatic hydroxyl groups excluding tert-OH is 4. The zero-order valence-corrected chi connectivity index (χ0v) is 20.5. The molecule has 5 aromatic rings. The number of hydrogen-bond donors (Lipinski definition) is 6. The third-order valence-corrected chi connectivity index (χ3v) is 7.62. The molecular weight excluding hydrogens is 502 g/mol. The smallest absolute Gasteiger partial charge is 0.278 e. The Kier molecular flexibility index (Phi) is 5.51. The van der Waals surface area contributed by atoms with Crippen molar-refractivity contribution in [1.82, 2.24) is 19.5 Å². The number of hydrogen-bond acceptors (Lipinski definition) is 9. The zero-order valence-electron chi connectivity index (χ0n) is 20.5. The van der Waals surface area contributed by atoms with Crippen LogP contribution in [0.1, 0.15) is 29.9 Å². The number of aromatic nitrogens is 4. The van der Waals surface area contributed by atoms with Crippen molar-refractivity contribution < 1.29 is 25.2 Å². The number of nitrogens with zero attached hydrogens (tertiary/aromatic N) is 3. The van der Waals surface area contributed by atoms with Crippen LogP contribution in [-0.2, 0) is 4.74 Å². The quantitative estimate of drug-likeness (QED) is 0.192. The van der Waals surface area contributed by atoms with Crippen LogP contribution in [0.15, 0.2) is 59.7 Å². The van der Waals surface area contributed by atoms with Gasteiger partial charge in [0.05, 0.1) is 19.0 Å². The van der Waals surface area contributed by atoms with Gasteiger partial charge in [-0.1, -0.05) is 48.6 Å². The fourth-order valence-electron chi connectivity index (χ4n) is 5.69. The average Bonchev–Trinajstić information content (AvgIpc) is 3.50. The molecule has 0 radical (unpaired) electrons. The minimum atomic E-state index is -1.04. The van der Waals surface area contributed by atoms with Gasteiger partial charge >= 0.3 is 0 Å². The Labute approximate surface area is 220 Å². The summed E-state index contributed by atoms with van der Waals surface area (Å²) in [4.78, 5) is 24.1. The van der Waals surface area contributed by atoms with Crippen molar-refractivity contribution >= 4 is 50.4 Å². The summed E-state index contributed by atoms with van der Waals surface area (Å²) in [6.45, 7) is -0.352. The first-order valence-electron chi connectivity index (χ1n) is 12.6. The molecule has 11 heteroatoms. The van der Waals surface area contributed by atoms with Crippen LogP contribution in [0.3, 0.4) is 0 Å². The van der Waals surface area contributed by atoms with Crippen molar-refractivity contribution in [2.24, 2.45) is 0 Å². The summed E-state index contributed by atoms with van der Waals surface area (Å²) in [5.41, 5.74) is 2.08. The van der Waals surface area contributed by atoms with Crippen molar-refractivity contribution in [2.75, 3.05) is 11.9 Å². The van der Waals surface area contributed by atoms with Gasteiger partial charge in [-0.3, -0.25) is 9.36 Å². The maximum atomic E-state index is 12.6. The average molecular weight is 528 g/mol. The molecule has 39 heavy (non-hydrogen) atoms. The van der Waals surface area contributed by atoms with Gasteiger partial charge in [0.15, 0.2) is 11.2 Å². The Morgan fingerprint density at radius 1 is 1.08 bits per heavy atom. The molecule has 1 fully saturated rings. The van der Waals surface area contributed by atoms with E-state index in [2.05, 4.69) is 20.3 Å². The van der Waals surface area contributed by atoms with E-state index < -0.39 is 36.2 Å². The molecule has 0 spiro atoms. The SMILES string of the molecule is O=c1[nH]cnc2c1nc(Nc1cc3c4c(ccc3c3ccccc13)C(O)C(O)C=C4)n2[C@H]1C[C@H](O)[C@@H](CO)O1. The van der Waals surface area contributed by atoms with Gasteiger partial charge in [0, 0.05) is 17.5 Å². The maximum absolute atomic E-state index is 12.6. The summed E-state index contributed by atoms with van der Waals surface area (Å²) in [7, 11) is 0. The van der Waals surface area contributed by atoms with Gasteiger partial charge in [0.2, 0.25) is 5.95 Å². The van der Waals surface area contributed by atoms with Gasteiger partial charge in [0.1, 0.15) is 24.5 Å². The van der Waals surface area contributed by atoms with Crippen LogP contribution in [0, 0.1) is 0 Å². The normalized spacial score (nSPS) is 24.6. The number of aliphatic hydroxyl groups is 4. The largest absolute Gasteiger partial charge is 0.394 e. The predicted molar refractivity (Wildman–Crippen MR) is 145 cm³/mol. The lowest BCUT2D eigenvalue weighted by Gasteiger charge is -2.24. The number of rotatable bonds is 4. The van der Waals surface area contributed by atoms with Crippen LogP contribution in [0.5, 0.6) is 0 Å².